The quantitative estimate of drug-likeness (QED) is 0.838. The van der Waals surface area contributed by atoms with Gasteiger partial charge in [0, 0.05) is 0 Å². The number of halogens is 1. The largest absolute Gasteiger partial charge is 0.272 e. The summed E-state index contributed by atoms with van der Waals surface area (Å²) in [6, 6.07) is 15.3. The van der Waals surface area contributed by atoms with Gasteiger partial charge in [0.05, 0.1) is 13.0 Å². The lowest BCUT2D eigenvalue weighted by molar-refractivity contribution is -0.133. The van der Waals surface area contributed by atoms with Gasteiger partial charge in [-0.3, -0.25) is 9.63 Å². The number of hydrogen-bond acceptors (Lipinski definition) is 2. The molecule has 2 aromatic carbocycles. The fourth-order valence-electron chi connectivity index (χ4n) is 1.60. The van der Waals surface area contributed by atoms with Gasteiger partial charge in [0.2, 0.25) is 5.91 Å². The first-order valence-electron chi connectivity index (χ1n) is 5.93. The number of nitrogens with one attached hydrogen (secondary N) is 1. The summed E-state index contributed by atoms with van der Waals surface area (Å²) in [5.74, 6) is -0.577. The van der Waals surface area contributed by atoms with Crippen molar-refractivity contribution >= 4 is 5.91 Å². The second kappa shape index (κ2) is 6.66. The van der Waals surface area contributed by atoms with Crippen LogP contribution in [-0.2, 0) is 22.7 Å². The summed E-state index contributed by atoms with van der Waals surface area (Å²) >= 11 is 0. The van der Waals surface area contributed by atoms with Gasteiger partial charge in [-0.15, -0.1) is 0 Å². The van der Waals surface area contributed by atoms with Crippen LogP contribution in [0.15, 0.2) is 54.6 Å². The number of hydrogen-bond donors (Lipinski definition) is 1. The summed E-state index contributed by atoms with van der Waals surface area (Å²) in [6.07, 6.45) is 0.162. The normalized spacial score (nSPS) is 10.2. The van der Waals surface area contributed by atoms with Crippen LogP contribution in [-0.4, -0.2) is 5.91 Å². The first-order valence-corrected chi connectivity index (χ1v) is 5.93. The molecular formula is C15H14FNO2. The Hall–Kier alpha value is -2.20. The molecule has 0 aliphatic rings. The molecule has 0 saturated carbocycles. The van der Waals surface area contributed by atoms with E-state index in [0.29, 0.717) is 6.61 Å². The number of carbonyl (C=O) groups excluding carboxylic acids is 1. The van der Waals surface area contributed by atoms with Crippen molar-refractivity contribution in [3.63, 3.8) is 0 Å². The number of amides is 1. The van der Waals surface area contributed by atoms with E-state index in [1.807, 2.05) is 30.3 Å². The molecule has 0 saturated heterocycles. The van der Waals surface area contributed by atoms with Gasteiger partial charge in [-0.2, -0.15) is 0 Å². The molecule has 0 aliphatic heterocycles. The van der Waals surface area contributed by atoms with Gasteiger partial charge in [-0.1, -0.05) is 42.5 Å². The van der Waals surface area contributed by atoms with E-state index in [4.69, 9.17) is 4.84 Å². The molecule has 0 bridgehead atoms. The molecule has 98 valence electrons. The third kappa shape index (κ3) is 4.52. The van der Waals surface area contributed by atoms with E-state index < -0.39 is 0 Å². The Morgan fingerprint density at radius 2 is 1.68 bits per heavy atom. The highest BCUT2D eigenvalue weighted by Gasteiger charge is 2.03. The first kappa shape index (κ1) is 13.2. The monoisotopic (exact) mass is 259 g/mol. The van der Waals surface area contributed by atoms with E-state index in [9.17, 15) is 9.18 Å². The topological polar surface area (TPSA) is 38.3 Å². The van der Waals surface area contributed by atoms with Gasteiger partial charge in [-0.25, -0.2) is 9.87 Å². The zero-order valence-electron chi connectivity index (χ0n) is 10.3. The van der Waals surface area contributed by atoms with Crippen molar-refractivity contribution in [1.29, 1.82) is 0 Å². The van der Waals surface area contributed by atoms with E-state index in [1.165, 1.54) is 12.1 Å². The Labute approximate surface area is 111 Å². The van der Waals surface area contributed by atoms with Gasteiger partial charge >= 0.3 is 0 Å². The smallest absolute Gasteiger partial charge is 0.247 e. The molecule has 19 heavy (non-hydrogen) atoms. The van der Waals surface area contributed by atoms with Crippen LogP contribution in [0, 0.1) is 5.82 Å². The minimum absolute atomic E-state index is 0.162. The molecule has 2 aromatic rings. The summed E-state index contributed by atoms with van der Waals surface area (Å²) in [7, 11) is 0. The van der Waals surface area contributed by atoms with E-state index in [2.05, 4.69) is 5.48 Å². The first-order chi connectivity index (χ1) is 9.24. The molecule has 0 radical (unpaired) electrons. The standard InChI is InChI=1S/C15H14FNO2/c16-14-8-6-12(7-9-14)10-15(18)17-19-11-13-4-2-1-3-5-13/h1-9H,10-11H2,(H,17,18). The summed E-state index contributed by atoms with van der Waals surface area (Å²) in [5, 5.41) is 0. The van der Waals surface area contributed by atoms with Gasteiger partial charge < -0.3 is 0 Å². The lowest BCUT2D eigenvalue weighted by Gasteiger charge is -2.06. The molecule has 0 fully saturated rings. The van der Waals surface area contributed by atoms with Crippen molar-refractivity contribution in [2.75, 3.05) is 0 Å². The van der Waals surface area contributed by atoms with E-state index in [0.717, 1.165) is 11.1 Å². The van der Waals surface area contributed by atoms with Crippen LogP contribution in [0.5, 0.6) is 0 Å². The van der Waals surface area contributed by atoms with Crippen molar-refractivity contribution in [2.24, 2.45) is 0 Å². The fraction of sp³-hybridized carbons (Fsp3) is 0.133. The lowest BCUT2D eigenvalue weighted by Crippen LogP contribution is -2.25. The van der Waals surface area contributed by atoms with Crippen LogP contribution < -0.4 is 5.48 Å². The average Bonchev–Trinajstić information content (AvgIpc) is 2.43. The summed E-state index contributed by atoms with van der Waals surface area (Å²) in [4.78, 5) is 16.7. The maximum atomic E-state index is 12.7. The van der Waals surface area contributed by atoms with E-state index in [1.54, 1.807) is 12.1 Å². The van der Waals surface area contributed by atoms with Crippen LogP contribution in [0.4, 0.5) is 4.39 Å². The van der Waals surface area contributed by atoms with Gasteiger partial charge in [0.15, 0.2) is 0 Å². The number of carbonyl (C=O) groups is 1. The Kier molecular flexibility index (Phi) is 4.64. The van der Waals surface area contributed by atoms with Crippen molar-refractivity contribution in [1.82, 2.24) is 5.48 Å². The van der Waals surface area contributed by atoms with Crippen molar-refractivity contribution < 1.29 is 14.0 Å². The fourth-order valence-corrected chi connectivity index (χ4v) is 1.60. The van der Waals surface area contributed by atoms with Crippen molar-refractivity contribution in [3.05, 3.63) is 71.5 Å². The highest BCUT2D eigenvalue weighted by atomic mass is 19.1. The summed E-state index contributed by atoms with van der Waals surface area (Å²) in [6.45, 7) is 0.315. The summed E-state index contributed by atoms with van der Waals surface area (Å²) in [5.41, 5.74) is 4.08. The van der Waals surface area contributed by atoms with E-state index >= 15 is 0 Å². The Morgan fingerprint density at radius 3 is 2.37 bits per heavy atom. The van der Waals surface area contributed by atoms with Crippen LogP contribution in [0.25, 0.3) is 0 Å². The number of hydroxylamine groups is 1. The van der Waals surface area contributed by atoms with Crippen LogP contribution >= 0.6 is 0 Å². The summed E-state index contributed by atoms with van der Waals surface area (Å²) < 4.78 is 12.7. The van der Waals surface area contributed by atoms with E-state index in [-0.39, 0.29) is 18.1 Å². The highest BCUT2D eigenvalue weighted by molar-refractivity contribution is 5.77. The van der Waals surface area contributed by atoms with Crippen molar-refractivity contribution in [2.45, 2.75) is 13.0 Å². The van der Waals surface area contributed by atoms with Gasteiger partial charge in [-0.05, 0) is 23.3 Å². The third-order valence-electron chi connectivity index (χ3n) is 2.55. The van der Waals surface area contributed by atoms with Crippen LogP contribution in [0.3, 0.4) is 0 Å². The average molecular weight is 259 g/mol. The predicted molar refractivity (Wildman–Crippen MR) is 69.5 cm³/mol. The molecule has 0 atom stereocenters. The molecule has 4 heteroatoms. The minimum atomic E-state index is -0.315. The minimum Gasteiger partial charge on any atom is -0.272 e. The number of rotatable bonds is 5. The Bertz CT molecular complexity index is 526. The zero-order chi connectivity index (χ0) is 13.5. The maximum absolute atomic E-state index is 12.7. The van der Waals surface area contributed by atoms with Crippen LogP contribution in [0.1, 0.15) is 11.1 Å². The SMILES string of the molecule is O=C(Cc1ccc(F)cc1)NOCc1ccccc1. The Morgan fingerprint density at radius 1 is 1.00 bits per heavy atom. The molecule has 0 unspecified atom stereocenters. The molecule has 0 aliphatic carbocycles. The maximum Gasteiger partial charge on any atom is 0.247 e. The number of benzene rings is 2. The second-order valence-electron chi connectivity index (χ2n) is 4.10. The molecule has 2 rings (SSSR count). The highest BCUT2D eigenvalue weighted by Crippen LogP contribution is 2.04. The van der Waals surface area contributed by atoms with Crippen LogP contribution in [0.2, 0.25) is 0 Å². The molecule has 3 nitrogen and oxygen atoms in total. The lowest BCUT2D eigenvalue weighted by atomic mass is 10.1. The second-order valence-corrected chi connectivity index (χ2v) is 4.10. The van der Waals surface area contributed by atoms with Crippen molar-refractivity contribution in [3.8, 4) is 0 Å². The predicted octanol–water partition coefficient (Wildman–Crippen LogP) is 2.62. The molecular weight excluding hydrogens is 245 g/mol. The zero-order valence-corrected chi connectivity index (χ0v) is 10.3. The van der Waals surface area contributed by atoms with Gasteiger partial charge in [0.25, 0.3) is 0 Å². The molecule has 0 spiro atoms. The molecule has 0 heterocycles. The Balaban J connectivity index is 1.74. The molecule has 0 aromatic heterocycles. The molecule has 1 amide bonds. The third-order valence-corrected chi connectivity index (χ3v) is 2.55. The molecule has 1 N–H and O–H groups in total. The van der Waals surface area contributed by atoms with Gasteiger partial charge in [0.1, 0.15) is 5.82 Å².